The molecule has 17 heteroatoms. The average Bonchev–Trinajstić information content (AvgIpc) is 3.30. The van der Waals surface area contributed by atoms with Crippen molar-refractivity contribution in [3.63, 3.8) is 0 Å². The van der Waals surface area contributed by atoms with Crippen LogP contribution in [0, 0.1) is 13.8 Å². The number of allylic oxidation sites excluding steroid dienone is 1. The molecule has 2 heterocycles. The molecule has 2 aromatic rings. The second-order valence-electron chi connectivity index (χ2n) is 11.2. The molecule has 48 heavy (non-hydrogen) atoms. The SMILES string of the molecule is C=NN(CC(=O)Nc1ccc(C(F)(F)F)cc1C)C(=O)/C(=C(/CC)NCC)N1CCN(C(=O)c2nn(C)c(C)c2O)CC1.CN(C)CN. The first-order valence-electron chi connectivity index (χ1n) is 15.3. The molecule has 1 fully saturated rings. The second kappa shape index (κ2) is 17.5. The number of hydrogen-bond acceptors (Lipinski definition) is 10. The summed E-state index contributed by atoms with van der Waals surface area (Å²) in [5, 5.41) is 24.8. The van der Waals surface area contributed by atoms with Gasteiger partial charge in [-0.1, -0.05) is 6.92 Å². The van der Waals surface area contributed by atoms with E-state index in [1.165, 1.54) is 11.6 Å². The summed E-state index contributed by atoms with van der Waals surface area (Å²) >= 11 is 0. The van der Waals surface area contributed by atoms with Gasteiger partial charge in [-0.15, -0.1) is 0 Å². The number of alkyl halides is 3. The molecule has 0 bridgehead atoms. The third-order valence-corrected chi connectivity index (χ3v) is 7.51. The maximum Gasteiger partial charge on any atom is 0.416 e. The van der Waals surface area contributed by atoms with Gasteiger partial charge in [-0.25, -0.2) is 5.01 Å². The van der Waals surface area contributed by atoms with E-state index in [4.69, 9.17) is 5.73 Å². The van der Waals surface area contributed by atoms with E-state index in [0.717, 1.165) is 23.2 Å². The highest BCUT2D eigenvalue weighted by Gasteiger charge is 2.33. The largest absolute Gasteiger partial charge is 0.504 e. The van der Waals surface area contributed by atoms with Crippen LogP contribution in [0.3, 0.4) is 0 Å². The van der Waals surface area contributed by atoms with Gasteiger partial charge >= 0.3 is 6.18 Å². The van der Waals surface area contributed by atoms with Crippen LogP contribution in [0.5, 0.6) is 5.75 Å². The van der Waals surface area contributed by atoms with Crippen LogP contribution in [0.2, 0.25) is 0 Å². The Morgan fingerprint density at radius 2 is 1.69 bits per heavy atom. The Morgan fingerprint density at radius 1 is 1.10 bits per heavy atom. The quantitative estimate of drug-likeness (QED) is 0.121. The molecule has 1 aromatic heterocycles. The first-order valence-corrected chi connectivity index (χ1v) is 15.3. The molecule has 3 amide bonds. The lowest BCUT2D eigenvalue weighted by Crippen LogP contribution is -2.51. The number of nitrogens with zero attached hydrogens (tertiary/aromatic N) is 7. The lowest BCUT2D eigenvalue weighted by molar-refractivity contribution is -0.137. The molecule has 5 N–H and O–H groups in total. The van der Waals surface area contributed by atoms with Gasteiger partial charge < -0.3 is 31.3 Å². The Hall–Kier alpha value is -4.64. The van der Waals surface area contributed by atoms with Crippen molar-refractivity contribution in [2.24, 2.45) is 17.9 Å². The molecule has 1 aliphatic rings. The van der Waals surface area contributed by atoms with Crippen LogP contribution < -0.4 is 16.4 Å². The number of nitrogens with two attached hydrogens (primary N) is 1. The molecule has 0 atom stereocenters. The van der Waals surface area contributed by atoms with Gasteiger partial charge in [-0.3, -0.25) is 24.0 Å². The number of anilines is 1. The van der Waals surface area contributed by atoms with Crippen LogP contribution in [0.4, 0.5) is 18.9 Å². The van der Waals surface area contributed by atoms with Crippen molar-refractivity contribution in [3.05, 3.63) is 52.1 Å². The molecule has 0 radical (unpaired) electrons. The van der Waals surface area contributed by atoms with E-state index in [1.54, 1.807) is 23.8 Å². The molecule has 0 aliphatic carbocycles. The monoisotopic (exact) mass is 680 g/mol. The van der Waals surface area contributed by atoms with Gasteiger partial charge in [0.25, 0.3) is 11.8 Å². The second-order valence-corrected chi connectivity index (χ2v) is 11.2. The third-order valence-electron chi connectivity index (χ3n) is 7.51. The van der Waals surface area contributed by atoms with Crippen molar-refractivity contribution >= 4 is 30.1 Å². The van der Waals surface area contributed by atoms with Crippen molar-refractivity contribution in [3.8, 4) is 5.75 Å². The molecule has 266 valence electrons. The minimum absolute atomic E-state index is 0.0430. The fraction of sp³-hybridized carbons (Fsp3) is 0.516. The van der Waals surface area contributed by atoms with E-state index >= 15 is 0 Å². The Morgan fingerprint density at radius 3 is 2.12 bits per heavy atom. The lowest BCUT2D eigenvalue weighted by atomic mass is 10.1. The van der Waals surface area contributed by atoms with Crippen LogP contribution in [0.15, 0.2) is 34.7 Å². The van der Waals surface area contributed by atoms with E-state index in [-0.39, 0.29) is 54.6 Å². The summed E-state index contributed by atoms with van der Waals surface area (Å²) in [6.45, 7) is 11.9. The molecule has 1 aliphatic heterocycles. The molecular formula is C31H47F3N10O4. The number of aromatic hydroxyl groups is 1. The van der Waals surface area contributed by atoms with Crippen molar-refractivity contribution in [2.75, 3.05) is 65.3 Å². The van der Waals surface area contributed by atoms with E-state index in [1.807, 2.05) is 32.8 Å². The molecule has 1 aromatic carbocycles. The maximum atomic E-state index is 13.8. The van der Waals surface area contributed by atoms with Crippen LogP contribution in [0.1, 0.15) is 47.6 Å². The molecule has 14 nitrogen and oxygen atoms in total. The zero-order valence-electron chi connectivity index (χ0n) is 28.6. The predicted molar refractivity (Wildman–Crippen MR) is 177 cm³/mol. The summed E-state index contributed by atoms with van der Waals surface area (Å²) in [4.78, 5) is 45.0. The number of halogens is 3. The Kier molecular flexibility index (Phi) is 14.4. The summed E-state index contributed by atoms with van der Waals surface area (Å²) in [5.41, 5.74) is 5.92. The number of hydrogen-bond donors (Lipinski definition) is 4. The first-order chi connectivity index (χ1) is 22.5. The molecule has 1 saturated heterocycles. The molecule has 0 saturated carbocycles. The normalized spacial score (nSPS) is 13.8. The fourth-order valence-corrected chi connectivity index (χ4v) is 4.68. The van der Waals surface area contributed by atoms with Crippen molar-refractivity contribution in [1.82, 2.24) is 34.8 Å². The lowest BCUT2D eigenvalue weighted by Gasteiger charge is -2.38. The van der Waals surface area contributed by atoms with Crippen LogP contribution in [-0.2, 0) is 22.8 Å². The minimum Gasteiger partial charge on any atom is -0.504 e. The van der Waals surface area contributed by atoms with E-state index in [2.05, 4.69) is 27.6 Å². The maximum absolute atomic E-state index is 13.8. The summed E-state index contributed by atoms with van der Waals surface area (Å²) in [7, 11) is 5.49. The first kappa shape index (κ1) is 39.5. The number of amides is 3. The smallest absolute Gasteiger partial charge is 0.416 e. The van der Waals surface area contributed by atoms with Gasteiger partial charge in [0.2, 0.25) is 5.91 Å². The topological polar surface area (TPSA) is 165 Å². The van der Waals surface area contributed by atoms with Crippen LogP contribution in [-0.4, -0.2) is 119 Å². The summed E-state index contributed by atoms with van der Waals surface area (Å²) in [5.74, 6) is -1.89. The number of carbonyl (C=O) groups excluding carboxylic acids is 3. The highest BCUT2D eigenvalue weighted by molar-refractivity contribution is 5.99. The van der Waals surface area contributed by atoms with E-state index in [0.29, 0.717) is 31.0 Å². The van der Waals surface area contributed by atoms with Gasteiger partial charge in [-0.2, -0.15) is 23.4 Å². The highest BCUT2D eigenvalue weighted by atomic mass is 19.4. The minimum atomic E-state index is -4.52. The number of carbonyl (C=O) groups is 3. The summed E-state index contributed by atoms with van der Waals surface area (Å²) in [6, 6.07) is 2.95. The van der Waals surface area contributed by atoms with Gasteiger partial charge in [0.05, 0.1) is 11.3 Å². The fourth-order valence-electron chi connectivity index (χ4n) is 4.68. The number of benzene rings is 1. The highest BCUT2D eigenvalue weighted by Crippen LogP contribution is 2.31. The number of piperazine rings is 1. The zero-order valence-corrected chi connectivity index (χ0v) is 28.6. The van der Waals surface area contributed by atoms with Crippen LogP contribution in [0.25, 0.3) is 0 Å². The molecule has 0 spiro atoms. The van der Waals surface area contributed by atoms with E-state index < -0.39 is 36.0 Å². The number of hydrazone groups is 1. The molecule has 3 rings (SSSR count). The molecule has 0 unspecified atom stereocenters. The average molecular weight is 681 g/mol. The van der Waals surface area contributed by atoms with Crippen molar-refractivity contribution in [2.45, 2.75) is 40.3 Å². The van der Waals surface area contributed by atoms with Gasteiger partial charge in [-0.05, 0) is 65.0 Å². The summed E-state index contributed by atoms with van der Waals surface area (Å²) in [6.07, 6.45) is -4.06. The number of rotatable bonds is 11. The third kappa shape index (κ3) is 10.2. The molecular weight excluding hydrogens is 633 g/mol. The van der Waals surface area contributed by atoms with Crippen molar-refractivity contribution < 1.29 is 32.7 Å². The van der Waals surface area contributed by atoms with Gasteiger partial charge in [0, 0.05) is 64.5 Å². The van der Waals surface area contributed by atoms with Gasteiger partial charge in [0.1, 0.15) is 12.2 Å². The zero-order chi connectivity index (χ0) is 36.3. The standard InChI is InChI=1S/C28H37F3N8O4.C3H10N2/c1-7-20(33-8-2)24(37-11-13-38(14-12-37)26(42)23-25(41)18(4)36(6)35-23)27(43)39(32-5)16-22(40)34-21-10-9-19(15-17(21)3)28(29,30)31;1-5(2)3-4/h9-10,15,33,41H,5,7-8,11-14,16H2,1-4,6H3,(H,34,40);3-4H2,1-2H3/b24-20+;. The Bertz CT molecular complexity index is 1480. The van der Waals surface area contributed by atoms with Crippen molar-refractivity contribution in [1.29, 1.82) is 0 Å². The number of nitrogens with one attached hydrogen (secondary N) is 2. The van der Waals surface area contributed by atoms with Crippen LogP contribution >= 0.6 is 0 Å². The van der Waals surface area contributed by atoms with E-state index in [9.17, 15) is 32.7 Å². The summed E-state index contributed by atoms with van der Waals surface area (Å²) < 4.78 is 40.5. The van der Waals surface area contributed by atoms with Gasteiger partial charge in [0.15, 0.2) is 11.4 Å². The number of aryl methyl sites for hydroxylation is 2. The predicted octanol–water partition coefficient (Wildman–Crippen LogP) is 2.30. The number of aromatic nitrogens is 2. The Labute approximate surface area is 279 Å². The Balaban J connectivity index is 0.00000149.